The average molecular weight is 278 g/mol. The van der Waals surface area contributed by atoms with Gasteiger partial charge in [-0.3, -0.25) is 9.78 Å². The average Bonchev–Trinajstić information content (AvgIpc) is 2.36. The van der Waals surface area contributed by atoms with Crippen molar-refractivity contribution in [2.75, 3.05) is 33.0 Å². The number of pyridine rings is 1. The van der Waals surface area contributed by atoms with E-state index in [9.17, 15) is 4.79 Å². The Morgan fingerprint density at radius 1 is 1.40 bits per heavy atom. The highest BCUT2D eigenvalue weighted by atomic mass is 16.1. The molecule has 1 heterocycles. The number of carbonyl (C=O) groups excluding carboxylic acids is 1. The summed E-state index contributed by atoms with van der Waals surface area (Å²) in [5.74, 6) is 0.453. The van der Waals surface area contributed by atoms with Crippen LogP contribution in [0, 0.1) is 5.92 Å². The summed E-state index contributed by atoms with van der Waals surface area (Å²) in [5, 5.41) is 6.09. The van der Waals surface area contributed by atoms with Crippen LogP contribution in [0.4, 0.5) is 5.69 Å². The Morgan fingerprint density at radius 3 is 2.65 bits per heavy atom. The standard InChI is InChI=1S/C15H26N4O/c1-11(2)8-13(10-19(4)5)18-12-6-7-17-14(9-12)15(20)16-3/h6-7,9,11,13H,8,10H2,1-5H3,(H,16,20)(H,17,18). The molecule has 0 aromatic carbocycles. The predicted octanol–water partition coefficient (Wildman–Crippen LogP) is 1.83. The molecule has 2 N–H and O–H groups in total. The van der Waals surface area contributed by atoms with Gasteiger partial charge in [-0.25, -0.2) is 0 Å². The van der Waals surface area contributed by atoms with Crippen LogP contribution in [-0.2, 0) is 0 Å². The van der Waals surface area contributed by atoms with Crippen molar-refractivity contribution < 1.29 is 4.79 Å². The zero-order chi connectivity index (χ0) is 15.1. The van der Waals surface area contributed by atoms with Gasteiger partial charge in [0.15, 0.2) is 0 Å². The maximum absolute atomic E-state index is 11.6. The van der Waals surface area contributed by atoms with Gasteiger partial charge in [0.25, 0.3) is 5.91 Å². The van der Waals surface area contributed by atoms with E-state index < -0.39 is 0 Å². The normalized spacial score (nSPS) is 12.6. The Morgan fingerprint density at radius 2 is 2.10 bits per heavy atom. The lowest BCUT2D eigenvalue weighted by Crippen LogP contribution is -2.33. The molecule has 5 heteroatoms. The van der Waals surface area contributed by atoms with Crippen LogP contribution >= 0.6 is 0 Å². The van der Waals surface area contributed by atoms with E-state index in [-0.39, 0.29) is 5.91 Å². The summed E-state index contributed by atoms with van der Waals surface area (Å²) in [6.07, 6.45) is 2.74. The molecule has 1 rings (SSSR count). The monoisotopic (exact) mass is 278 g/mol. The van der Waals surface area contributed by atoms with Crippen molar-refractivity contribution >= 4 is 11.6 Å². The van der Waals surface area contributed by atoms with Gasteiger partial charge in [-0.1, -0.05) is 13.8 Å². The molecular formula is C15H26N4O. The first-order valence-corrected chi connectivity index (χ1v) is 7.01. The van der Waals surface area contributed by atoms with Crippen molar-refractivity contribution in [1.29, 1.82) is 0 Å². The Kier molecular flexibility index (Phi) is 6.45. The molecule has 1 atom stereocenters. The molecule has 0 aliphatic carbocycles. The van der Waals surface area contributed by atoms with E-state index in [0.717, 1.165) is 18.7 Å². The maximum Gasteiger partial charge on any atom is 0.269 e. The lowest BCUT2D eigenvalue weighted by molar-refractivity contribution is 0.0958. The molecule has 0 aliphatic rings. The van der Waals surface area contributed by atoms with Gasteiger partial charge in [-0.05, 0) is 38.6 Å². The van der Waals surface area contributed by atoms with Crippen LogP contribution in [0.15, 0.2) is 18.3 Å². The van der Waals surface area contributed by atoms with E-state index >= 15 is 0 Å². The zero-order valence-corrected chi connectivity index (χ0v) is 13.1. The van der Waals surface area contributed by atoms with Gasteiger partial charge in [0.2, 0.25) is 0 Å². The molecule has 5 nitrogen and oxygen atoms in total. The first-order chi connectivity index (χ1) is 9.42. The molecule has 0 spiro atoms. The van der Waals surface area contributed by atoms with Crippen LogP contribution in [0.3, 0.4) is 0 Å². The van der Waals surface area contributed by atoms with Crippen LogP contribution in [-0.4, -0.2) is 49.5 Å². The predicted molar refractivity (Wildman–Crippen MR) is 83.0 cm³/mol. The largest absolute Gasteiger partial charge is 0.381 e. The molecule has 0 fully saturated rings. The van der Waals surface area contributed by atoms with Crippen LogP contribution in [0.1, 0.15) is 30.8 Å². The number of nitrogens with one attached hydrogen (secondary N) is 2. The SMILES string of the molecule is CNC(=O)c1cc(NC(CC(C)C)CN(C)C)ccn1. The number of carbonyl (C=O) groups is 1. The van der Waals surface area contributed by atoms with Crippen molar-refractivity contribution in [3.63, 3.8) is 0 Å². The minimum absolute atomic E-state index is 0.165. The highest BCUT2D eigenvalue weighted by molar-refractivity contribution is 5.92. The molecule has 112 valence electrons. The van der Waals surface area contributed by atoms with Crippen LogP contribution in [0.5, 0.6) is 0 Å². The first-order valence-electron chi connectivity index (χ1n) is 7.01. The zero-order valence-electron chi connectivity index (χ0n) is 13.1. The van der Waals surface area contributed by atoms with Crippen LogP contribution in [0.25, 0.3) is 0 Å². The second-order valence-electron chi connectivity index (χ2n) is 5.74. The molecule has 0 saturated carbocycles. The van der Waals surface area contributed by atoms with Crippen molar-refractivity contribution in [3.05, 3.63) is 24.0 Å². The minimum atomic E-state index is -0.165. The van der Waals surface area contributed by atoms with Gasteiger partial charge in [-0.2, -0.15) is 0 Å². The van der Waals surface area contributed by atoms with Crippen molar-refractivity contribution in [2.45, 2.75) is 26.3 Å². The van der Waals surface area contributed by atoms with Gasteiger partial charge in [-0.15, -0.1) is 0 Å². The van der Waals surface area contributed by atoms with E-state index in [4.69, 9.17) is 0 Å². The fraction of sp³-hybridized carbons (Fsp3) is 0.600. The molecule has 0 saturated heterocycles. The smallest absolute Gasteiger partial charge is 0.269 e. The number of nitrogens with zero attached hydrogens (tertiary/aromatic N) is 2. The fourth-order valence-electron chi connectivity index (χ4n) is 2.20. The molecule has 0 aliphatic heterocycles. The molecule has 1 aromatic rings. The van der Waals surface area contributed by atoms with Gasteiger partial charge in [0, 0.05) is 31.5 Å². The molecule has 1 amide bonds. The first kappa shape index (κ1) is 16.4. The highest BCUT2D eigenvalue weighted by Gasteiger charge is 2.13. The summed E-state index contributed by atoms with van der Waals surface area (Å²) in [4.78, 5) is 17.8. The lowest BCUT2D eigenvalue weighted by atomic mass is 10.0. The van der Waals surface area contributed by atoms with Crippen molar-refractivity contribution in [3.8, 4) is 0 Å². The second-order valence-corrected chi connectivity index (χ2v) is 5.74. The number of rotatable bonds is 7. The molecule has 1 unspecified atom stereocenters. The molecule has 20 heavy (non-hydrogen) atoms. The summed E-state index contributed by atoms with van der Waals surface area (Å²) in [6.45, 7) is 5.38. The third kappa shape index (κ3) is 5.57. The van der Waals surface area contributed by atoms with Gasteiger partial charge in [0.05, 0.1) is 0 Å². The number of hydrogen-bond donors (Lipinski definition) is 2. The quantitative estimate of drug-likeness (QED) is 0.799. The van der Waals surface area contributed by atoms with Crippen molar-refractivity contribution in [2.24, 2.45) is 5.92 Å². The third-order valence-corrected chi connectivity index (χ3v) is 2.93. The topological polar surface area (TPSA) is 57.3 Å². The Balaban J connectivity index is 2.79. The van der Waals surface area contributed by atoms with E-state index in [1.807, 2.05) is 6.07 Å². The summed E-state index contributed by atoms with van der Waals surface area (Å²) in [7, 11) is 5.74. The van der Waals surface area contributed by atoms with Gasteiger partial charge in [0.1, 0.15) is 5.69 Å². The Hall–Kier alpha value is -1.62. The molecular weight excluding hydrogens is 252 g/mol. The van der Waals surface area contributed by atoms with Gasteiger partial charge >= 0.3 is 0 Å². The maximum atomic E-state index is 11.6. The van der Waals surface area contributed by atoms with Crippen LogP contribution in [0.2, 0.25) is 0 Å². The number of hydrogen-bond acceptors (Lipinski definition) is 4. The Labute approximate surface area is 121 Å². The molecule has 1 aromatic heterocycles. The van der Waals surface area contributed by atoms with E-state index in [1.165, 1.54) is 0 Å². The summed E-state index contributed by atoms with van der Waals surface area (Å²) in [5.41, 5.74) is 1.37. The fourth-order valence-corrected chi connectivity index (χ4v) is 2.20. The van der Waals surface area contributed by atoms with Crippen molar-refractivity contribution in [1.82, 2.24) is 15.2 Å². The highest BCUT2D eigenvalue weighted by Crippen LogP contribution is 2.14. The minimum Gasteiger partial charge on any atom is -0.381 e. The summed E-state index contributed by atoms with van der Waals surface area (Å²) in [6, 6.07) is 4.04. The summed E-state index contributed by atoms with van der Waals surface area (Å²) < 4.78 is 0. The van der Waals surface area contributed by atoms with E-state index in [0.29, 0.717) is 17.7 Å². The molecule has 0 radical (unpaired) electrons. The van der Waals surface area contributed by atoms with E-state index in [2.05, 4.69) is 48.5 Å². The number of aromatic nitrogens is 1. The number of anilines is 1. The van der Waals surface area contributed by atoms with Crippen LogP contribution < -0.4 is 10.6 Å². The Bertz CT molecular complexity index is 422. The number of likely N-dealkylation sites (N-methyl/N-ethyl adjacent to an activating group) is 1. The van der Waals surface area contributed by atoms with Gasteiger partial charge < -0.3 is 15.5 Å². The third-order valence-electron chi connectivity index (χ3n) is 2.93. The van der Waals surface area contributed by atoms with E-state index in [1.54, 1.807) is 19.3 Å². The second kappa shape index (κ2) is 7.85. The summed E-state index contributed by atoms with van der Waals surface area (Å²) >= 11 is 0. The lowest BCUT2D eigenvalue weighted by Gasteiger charge is -2.25. The number of amides is 1. The molecule has 0 bridgehead atoms.